The molecule has 1 unspecified atom stereocenters. The molecule has 0 aromatic carbocycles. The Kier molecular flexibility index (Phi) is 4.22. The molecule has 0 bridgehead atoms. The van der Waals surface area contributed by atoms with Crippen LogP contribution >= 0.6 is 0 Å². The molecule has 0 amide bonds. The molecule has 0 radical (unpaired) electrons. The number of nitrogens with zero attached hydrogens (tertiary/aromatic N) is 1. The molecule has 2 fully saturated rings. The molecular weight excluding hydrogens is 200 g/mol. The van der Waals surface area contributed by atoms with E-state index in [1.807, 2.05) is 0 Å². The number of aliphatic hydroxyl groups is 1. The van der Waals surface area contributed by atoms with E-state index < -0.39 is 0 Å². The Labute approximate surface area is 99.2 Å². The molecule has 1 saturated carbocycles. The zero-order chi connectivity index (χ0) is 11.4. The molecule has 2 aliphatic rings. The Hall–Kier alpha value is -0.120. The minimum atomic E-state index is -0.381. The van der Waals surface area contributed by atoms with Gasteiger partial charge in [0.05, 0.1) is 5.60 Å². The first-order valence-electron chi connectivity index (χ1n) is 6.91. The van der Waals surface area contributed by atoms with Crippen LogP contribution in [0.1, 0.15) is 45.4 Å². The van der Waals surface area contributed by atoms with Crippen LogP contribution < -0.4 is 5.32 Å². The third-order valence-corrected chi connectivity index (χ3v) is 4.23. The van der Waals surface area contributed by atoms with Crippen molar-refractivity contribution in [3.8, 4) is 0 Å². The fraction of sp³-hybridized carbons (Fsp3) is 1.00. The van der Waals surface area contributed by atoms with Gasteiger partial charge in [-0.15, -0.1) is 0 Å². The highest BCUT2D eigenvalue weighted by Crippen LogP contribution is 2.31. The van der Waals surface area contributed by atoms with Gasteiger partial charge in [0.15, 0.2) is 0 Å². The number of hydrogen-bond donors (Lipinski definition) is 2. The Balaban J connectivity index is 1.88. The molecular formula is C13H26N2O. The van der Waals surface area contributed by atoms with Crippen molar-refractivity contribution in [3.05, 3.63) is 0 Å². The summed E-state index contributed by atoms with van der Waals surface area (Å²) >= 11 is 0. The summed E-state index contributed by atoms with van der Waals surface area (Å²) < 4.78 is 0. The van der Waals surface area contributed by atoms with E-state index in [1.165, 1.54) is 32.2 Å². The van der Waals surface area contributed by atoms with E-state index in [0.717, 1.165) is 32.5 Å². The van der Waals surface area contributed by atoms with E-state index in [1.54, 1.807) is 0 Å². The third kappa shape index (κ3) is 2.96. The van der Waals surface area contributed by atoms with Crippen LogP contribution in [0.25, 0.3) is 0 Å². The average molecular weight is 226 g/mol. The van der Waals surface area contributed by atoms with Crippen LogP contribution in [0, 0.1) is 0 Å². The van der Waals surface area contributed by atoms with Crippen LogP contribution in [0.2, 0.25) is 0 Å². The maximum Gasteiger partial charge on any atom is 0.0774 e. The Bertz CT molecular complexity index is 208. The van der Waals surface area contributed by atoms with E-state index in [0.29, 0.717) is 6.04 Å². The van der Waals surface area contributed by atoms with E-state index >= 15 is 0 Å². The third-order valence-electron chi connectivity index (χ3n) is 4.23. The second-order valence-electron chi connectivity index (χ2n) is 5.49. The molecule has 0 spiro atoms. The lowest BCUT2D eigenvalue weighted by Gasteiger charge is -2.38. The molecule has 2 N–H and O–H groups in total. The lowest BCUT2D eigenvalue weighted by Crippen LogP contribution is -2.51. The number of hydrogen-bond acceptors (Lipinski definition) is 3. The molecule has 3 heteroatoms. The predicted molar refractivity (Wildman–Crippen MR) is 66.6 cm³/mol. The van der Waals surface area contributed by atoms with Crippen LogP contribution in [0.5, 0.6) is 0 Å². The van der Waals surface area contributed by atoms with Gasteiger partial charge in [0.25, 0.3) is 0 Å². The van der Waals surface area contributed by atoms with E-state index in [9.17, 15) is 5.11 Å². The van der Waals surface area contributed by atoms with Crippen molar-refractivity contribution < 1.29 is 5.11 Å². The van der Waals surface area contributed by atoms with Crippen molar-refractivity contribution >= 4 is 0 Å². The van der Waals surface area contributed by atoms with Crippen molar-refractivity contribution in [2.45, 2.75) is 57.1 Å². The van der Waals surface area contributed by atoms with E-state index in [4.69, 9.17) is 0 Å². The lowest BCUT2D eigenvalue weighted by molar-refractivity contribution is -0.00498. The van der Waals surface area contributed by atoms with Gasteiger partial charge in [0, 0.05) is 19.1 Å². The standard InChI is InChI=1S/C13H26N2O/c1-2-15(12-6-5-9-14-10-12)11-13(16)7-3-4-8-13/h12,14,16H,2-11H2,1H3. The second kappa shape index (κ2) is 5.48. The SMILES string of the molecule is CCN(CC1(O)CCCC1)C1CCCNC1. The van der Waals surface area contributed by atoms with Gasteiger partial charge >= 0.3 is 0 Å². The highest BCUT2D eigenvalue weighted by molar-refractivity contribution is 4.90. The van der Waals surface area contributed by atoms with Gasteiger partial charge in [-0.3, -0.25) is 4.90 Å². The highest BCUT2D eigenvalue weighted by atomic mass is 16.3. The van der Waals surface area contributed by atoms with Gasteiger partial charge in [0.1, 0.15) is 0 Å². The monoisotopic (exact) mass is 226 g/mol. The minimum absolute atomic E-state index is 0.381. The second-order valence-corrected chi connectivity index (χ2v) is 5.49. The van der Waals surface area contributed by atoms with E-state index in [-0.39, 0.29) is 5.60 Å². The fourth-order valence-corrected chi connectivity index (χ4v) is 3.21. The quantitative estimate of drug-likeness (QED) is 0.760. The molecule has 1 saturated heterocycles. The highest BCUT2D eigenvalue weighted by Gasteiger charge is 2.34. The Morgan fingerprint density at radius 2 is 2.06 bits per heavy atom. The van der Waals surface area contributed by atoms with Crippen molar-refractivity contribution in [2.75, 3.05) is 26.2 Å². The summed E-state index contributed by atoms with van der Waals surface area (Å²) in [7, 11) is 0. The number of piperidine rings is 1. The first-order chi connectivity index (χ1) is 7.73. The molecule has 1 aliphatic carbocycles. The minimum Gasteiger partial charge on any atom is -0.389 e. The number of nitrogens with one attached hydrogen (secondary N) is 1. The Morgan fingerprint density at radius 1 is 1.31 bits per heavy atom. The summed E-state index contributed by atoms with van der Waals surface area (Å²) in [6.45, 7) is 6.43. The van der Waals surface area contributed by atoms with Gasteiger partial charge in [-0.2, -0.15) is 0 Å². The first-order valence-corrected chi connectivity index (χ1v) is 6.91. The largest absolute Gasteiger partial charge is 0.389 e. The molecule has 0 aromatic heterocycles. The summed E-state index contributed by atoms with van der Waals surface area (Å²) in [5, 5.41) is 13.9. The maximum atomic E-state index is 10.5. The molecule has 2 rings (SSSR count). The van der Waals surface area contributed by atoms with Gasteiger partial charge in [0.2, 0.25) is 0 Å². The maximum absolute atomic E-state index is 10.5. The van der Waals surface area contributed by atoms with Crippen LogP contribution in [-0.2, 0) is 0 Å². The lowest BCUT2D eigenvalue weighted by atomic mass is 9.98. The summed E-state index contributed by atoms with van der Waals surface area (Å²) in [5.74, 6) is 0. The van der Waals surface area contributed by atoms with Gasteiger partial charge < -0.3 is 10.4 Å². The molecule has 1 aliphatic heterocycles. The molecule has 3 nitrogen and oxygen atoms in total. The predicted octanol–water partition coefficient (Wildman–Crippen LogP) is 1.37. The zero-order valence-corrected chi connectivity index (χ0v) is 10.5. The zero-order valence-electron chi connectivity index (χ0n) is 10.5. The fourth-order valence-electron chi connectivity index (χ4n) is 3.21. The molecule has 16 heavy (non-hydrogen) atoms. The average Bonchev–Trinajstić information content (AvgIpc) is 2.74. The van der Waals surface area contributed by atoms with Gasteiger partial charge in [-0.25, -0.2) is 0 Å². The van der Waals surface area contributed by atoms with Crippen molar-refractivity contribution in [3.63, 3.8) is 0 Å². The van der Waals surface area contributed by atoms with Crippen molar-refractivity contribution in [1.82, 2.24) is 10.2 Å². The first kappa shape index (κ1) is 12.3. The van der Waals surface area contributed by atoms with Crippen molar-refractivity contribution in [1.29, 1.82) is 0 Å². The summed E-state index contributed by atoms with van der Waals surface area (Å²) in [4.78, 5) is 2.48. The molecule has 94 valence electrons. The van der Waals surface area contributed by atoms with Crippen LogP contribution in [0.3, 0.4) is 0 Å². The molecule has 1 atom stereocenters. The normalized spacial score (nSPS) is 29.8. The summed E-state index contributed by atoms with van der Waals surface area (Å²) in [5.41, 5.74) is -0.381. The van der Waals surface area contributed by atoms with Crippen LogP contribution in [0.4, 0.5) is 0 Å². The Morgan fingerprint density at radius 3 is 2.62 bits per heavy atom. The van der Waals surface area contributed by atoms with Crippen LogP contribution in [0.15, 0.2) is 0 Å². The molecule has 1 heterocycles. The topological polar surface area (TPSA) is 35.5 Å². The van der Waals surface area contributed by atoms with Gasteiger partial charge in [-0.05, 0) is 38.8 Å². The van der Waals surface area contributed by atoms with Crippen molar-refractivity contribution in [2.24, 2.45) is 0 Å². The van der Waals surface area contributed by atoms with E-state index in [2.05, 4.69) is 17.1 Å². The number of likely N-dealkylation sites (N-methyl/N-ethyl adjacent to an activating group) is 1. The summed E-state index contributed by atoms with van der Waals surface area (Å²) in [6, 6.07) is 0.642. The molecule has 0 aromatic rings. The smallest absolute Gasteiger partial charge is 0.0774 e. The van der Waals surface area contributed by atoms with Gasteiger partial charge in [-0.1, -0.05) is 19.8 Å². The summed E-state index contributed by atoms with van der Waals surface area (Å²) in [6.07, 6.45) is 6.98. The number of rotatable bonds is 4. The van der Waals surface area contributed by atoms with Crippen LogP contribution in [-0.4, -0.2) is 47.8 Å².